The van der Waals surface area contributed by atoms with Gasteiger partial charge in [0.2, 0.25) is 0 Å². The van der Waals surface area contributed by atoms with Crippen LogP contribution in [0.25, 0.3) is 0 Å². The van der Waals surface area contributed by atoms with E-state index in [0.717, 1.165) is 17.7 Å². The quantitative estimate of drug-likeness (QED) is 0.602. The van der Waals surface area contributed by atoms with Crippen molar-refractivity contribution in [3.63, 3.8) is 0 Å². The van der Waals surface area contributed by atoms with Crippen molar-refractivity contribution < 1.29 is 24.9 Å². The van der Waals surface area contributed by atoms with Crippen LogP contribution >= 0.6 is 0 Å². The molecule has 3 N–H and O–H groups in total. The summed E-state index contributed by atoms with van der Waals surface area (Å²) in [7, 11) is 2.01. The topological polar surface area (TPSA) is 90.2 Å². The number of Topliss-reactive ketones (excluding diaryl/α,β-unsaturated/α-hetero) is 1. The number of piperidine rings is 1. The van der Waals surface area contributed by atoms with Gasteiger partial charge in [-0.15, -0.1) is 0 Å². The van der Waals surface area contributed by atoms with Crippen molar-refractivity contribution in [1.29, 1.82) is 0 Å². The normalized spacial score (nSPS) is 44.0. The van der Waals surface area contributed by atoms with Crippen LogP contribution in [0.2, 0.25) is 0 Å². The van der Waals surface area contributed by atoms with Crippen LogP contribution in [-0.4, -0.2) is 63.9 Å². The summed E-state index contributed by atoms with van der Waals surface area (Å²) in [5, 5.41) is 31.3. The van der Waals surface area contributed by atoms with Crippen molar-refractivity contribution in [2.45, 2.75) is 42.6 Å². The van der Waals surface area contributed by atoms with Gasteiger partial charge in [0.15, 0.2) is 23.4 Å². The minimum absolute atomic E-state index is 0.0318. The van der Waals surface area contributed by atoms with E-state index in [-0.39, 0.29) is 17.7 Å². The number of likely N-dealkylation sites (tertiary alicyclic amines) is 1. The van der Waals surface area contributed by atoms with Crippen molar-refractivity contribution in [2.75, 3.05) is 13.6 Å². The molecule has 6 atom stereocenters. The number of carbonyl (C=O) groups excluding carboxylic acids is 1. The number of likely N-dealkylation sites (N-methyl/N-ethyl adjacent to an activating group) is 1. The maximum absolute atomic E-state index is 12.4. The average Bonchev–Trinajstić information content (AvgIpc) is 2.88. The summed E-state index contributed by atoms with van der Waals surface area (Å²) in [6, 6.07) is 3.55. The number of phenolic OH excluding ortho intramolecular Hbond substituents is 1. The van der Waals surface area contributed by atoms with E-state index in [1.165, 1.54) is 0 Å². The lowest BCUT2D eigenvalue weighted by Gasteiger charge is -2.59. The first-order valence-electron chi connectivity index (χ1n) is 8.09. The maximum Gasteiger partial charge on any atom is 0.193 e. The van der Waals surface area contributed by atoms with Gasteiger partial charge in [-0.2, -0.15) is 0 Å². The molecule has 0 radical (unpaired) electrons. The van der Waals surface area contributed by atoms with Crippen LogP contribution in [0.3, 0.4) is 0 Å². The number of aliphatic hydroxyl groups is 2. The minimum Gasteiger partial charge on any atom is -0.504 e. The summed E-state index contributed by atoms with van der Waals surface area (Å²) in [5.41, 5.74) is 1.40. The number of nitrogens with zero attached hydrogens (tertiary/aromatic N) is 1. The van der Waals surface area contributed by atoms with Crippen LogP contribution in [0.5, 0.6) is 11.5 Å². The number of phenols is 1. The summed E-state index contributed by atoms with van der Waals surface area (Å²) in [5.74, 6) is -0.441. The van der Waals surface area contributed by atoms with Crippen LogP contribution < -0.4 is 4.74 Å². The SMILES string of the molecule is CN1CC[C@]23c4c5ccc(O)c4O[C@H]2[C@@H](O)C(=O)C(O)C3[C@H]1C5. The third-order valence-electron chi connectivity index (χ3n) is 6.53. The molecule has 122 valence electrons. The molecule has 1 aromatic carbocycles. The summed E-state index contributed by atoms with van der Waals surface area (Å²) in [6.45, 7) is 0.809. The molecule has 23 heavy (non-hydrogen) atoms. The van der Waals surface area contributed by atoms with Gasteiger partial charge in [-0.05, 0) is 38.1 Å². The van der Waals surface area contributed by atoms with E-state index in [2.05, 4.69) is 4.90 Å². The Morgan fingerprint density at radius 3 is 2.87 bits per heavy atom. The summed E-state index contributed by atoms with van der Waals surface area (Å²) >= 11 is 0. The fourth-order valence-corrected chi connectivity index (χ4v) is 5.57. The highest BCUT2D eigenvalue weighted by molar-refractivity contribution is 5.91. The third-order valence-corrected chi connectivity index (χ3v) is 6.53. The van der Waals surface area contributed by atoms with Gasteiger partial charge in [-0.25, -0.2) is 0 Å². The first kappa shape index (κ1) is 13.8. The molecular weight excluding hydrogens is 298 g/mol. The molecule has 2 fully saturated rings. The lowest BCUT2D eigenvalue weighted by molar-refractivity contribution is -0.173. The van der Waals surface area contributed by atoms with E-state index < -0.39 is 29.5 Å². The van der Waals surface area contributed by atoms with Gasteiger partial charge in [0, 0.05) is 22.9 Å². The second kappa shape index (κ2) is 4.06. The molecular formula is C17H19NO5. The zero-order valence-corrected chi connectivity index (χ0v) is 12.8. The van der Waals surface area contributed by atoms with Crippen LogP contribution in [-0.2, 0) is 16.6 Å². The van der Waals surface area contributed by atoms with Crippen molar-refractivity contribution in [1.82, 2.24) is 4.90 Å². The Kier molecular flexibility index (Phi) is 2.43. The van der Waals surface area contributed by atoms with Gasteiger partial charge < -0.3 is 25.0 Å². The smallest absolute Gasteiger partial charge is 0.193 e. The Balaban J connectivity index is 1.84. The summed E-state index contributed by atoms with van der Waals surface area (Å²) in [6.07, 6.45) is -1.87. The van der Waals surface area contributed by atoms with Crippen LogP contribution in [0.4, 0.5) is 0 Å². The summed E-state index contributed by atoms with van der Waals surface area (Å²) in [4.78, 5) is 14.6. The largest absolute Gasteiger partial charge is 0.504 e. The van der Waals surface area contributed by atoms with E-state index in [9.17, 15) is 20.1 Å². The average molecular weight is 317 g/mol. The fraction of sp³-hybridized carbons (Fsp3) is 0.588. The van der Waals surface area contributed by atoms with E-state index in [0.29, 0.717) is 18.6 Å². The second-order valence-corrected chi connectivity index (χ2v) is 7.35. The molecule has 2 aliphatic carbocycles. The molecule has 4 aliphatic rings. The molecule has 1 spiro atoms. The highest BCUT2D eigenvalue weighted by Gasteiger charge is 2.70. The number of ketones is 1. The lowest BCUT2D eigenvalue weighted by Crippen LogP contribution is -2.72. The molecule has 6 nitrogen and oxygen atoms in total. The van der Waals surface area contributed by atoms with E-state index in [1.807, 2.05) is 13.1 Å². The molecule has 0 amide bonds. The van der Waals surface area contributed by atoms with Gasteiger partial charge in [-0.3, -0.25) is 4.79 Å². The van der Waals surface area contributed by atoms with Gasteiger partial charge >= 0.3 is 0 Å². The van der Waals surface area contributed by atoms with Gasteiger partial charge in [-0.1, -0.05) is 6.07 Å². The monoisotopic (exact) mass is 317 g/mol. The molecule has 1 saturated carbocycles. The highest BCUT2D eigenvalue weighted by atomic mass is 16.5. The Bertz CT molecular complexity index is 734. The molecule has 2 unspecified atom stereocenters. The Labute approximate surface area is 133 Å². The van der Waals surface area contributed by atoms with Gasteiger partial charge in [0.05, 0.1) is 0 Å². The highest BCUT2D eigenvalue weighted by Crippen LogP contribution is 2.63. The van der Waals surface area contributed by atoms with Crippen LogP contribution in [0.15, 0.2) is 12.1 Å². The molecule has 2 heterocycles. The molecule has 1 saturated heterocycles. The van der Waals surface area contributed by atoms with Crippen molar-refractivity contribution in [2.24, 2.45) is 5.92 Å². The molecule has 5 rings (SSSR count). The maximum atomic E-state index is 12.4. The van der Waals surface area contributed by atoms with Crippen molar-refractivity contribution in [3.8, 4) is 11.5 Å². The molecule has 1 aromatic rings. The Morgan fingerprint density at radius 1 is 1.30 bits per heavy atom. The standard InChI is InChI=1S/C17H19NO5/c1-18-5-4-17-10-7-2-3-9(19)15(10)23-16(17)14(22)13(21)12(20)11(17)8(18)6-7/h2-3,8,11-12,14,16,19-20,22H,4-6H2,1H3/t8-,11?,12?,14+,16+,17-/m1/s1. The predicted molar refractivity (Wildman–Crippen MR) is 79.5 cm³/mol. The number of rotatable bonds is 0. The molecule has 2 bridgehead atoms. The van der Waals surface area contributed by atoms with Gasteiger partial charge in [0.1, 0.15) is 12.2 Å². The number of ether oxygens (including phenoxy) is 1. The first-order chi connectivity index (χ1) is 11.0. The Morgan fingerprint density at radius 2 is 2.09 bits per heavy atom. The number of hydrogen-bond donors (Lipinski definition) is 3. The number of carbonyl (C=O) groups is 1. The molecule has 6 heteroatoms. The minimum atomic E-state index is -1.36. The lowest BCUT2D eigenvalue weighted by atomic mass is 9.50. The zero-order valence-electron chi connectivity index (χ0n) is 12.8. The third kappa shape index (κ3) is 1.35. The summed E-state index contributed by atoms with van der Waals surface area (Å²) < 4.78 is 5.93. The van der Waals surface area contributed by atoms with Crippen molar-refractivity contribution >= 4 is 5.78 Å². The fourth-order valence-electron chi connectivity index (χ4n) is 5.57. The number of benzene rings is 1. The Hall–Kier alpha value is -1.63. The van der Waals surface area contributed by atoms with E-state index in [4.69, 9.17) is 4.74 Å². The number of hydrogen-bond acceptors (Lipinski definition) is 6. The van der Waals surface area contributed by atoms with E-state index >= 15 is 0 Å². The van der Waals surface area contributed by atoms with E-state index in [1.54, 1.807) is 6.07 Å². The zero-order chi connectivity index (χ0) is 16.1. The predicted octanol–water partition coefficient (Wildman–Crippen LogP) is -0.428. The molecule has 0 aromatic heterocycles. The van der Waals surface area contributed by atoms with Gasteiger partial charge in [0.25, 0.3) is 0 Å². The second-order valence-electron chi connectivity index (χ2n) is 7.35. The number of aliphatic hydroxyl groups excluding tert-OH is 2. The van der Waals surface area contributed by atoms with Crippen LogP contribution in [0, 0.1) is 5.92 Å². The molecule has 2 aliphatic heterocycles. The number of aromatic hydroxyl groups is 1. The van der Waals surface area contributed by atoms with Crippen LogP contribution in [0.1, 0.15) is 17.5 Å². The van der Waals surface area contributed by atoms with Crippen molar-refractivity contribution in [3.05, 3.63) is 23.3 Å². The first-order valence-corrected chi connectivity index (χ1v) is 8.09.